The third-order valence-electron chi connectivity index (χ3n) is 3.61. The van der Waals surface area contributed by atoms with E-state index in [4.69, 9.17) is 9.84 Å². The van der Waals surface area contributed by atoms with Crippen LogP contribution in [0.2, 0.25) is 0 Å². The predicted molar refractivity (Wildman–Crippen MR) is 75.7 cm³/mol. The van der Waals surface area contributed by atoms with Gasteiger partial charge in [0.25, 0.3) is 0 Å². The third kappa shape index (κ3) is 4.04. The van der Waals surface area contributed by atoms with Gasteiger partial charge in [0.2, 0.25) is 0 Å². The second kappa shape index (κ2) is 7.39. The summed E-state index contributed by atoms with van der Waals surface area (Å²) >= 11 is 0. The number of aliphatic hydroxyl groups is 1. The zero-order valence-electron chi connectivity index (χ0n) is 11.7. The highest BCUT2D eigenvalue weighted by Gasteiger charge is 2.19. The van der Waals surface area contributed by atoms with Gasteiger partial charge in [0.1, 0.15) is 12.4 Å². The molecular formula is C16H20FNO2. The minimum atomic E-state index is -0.301. The fourth-order valence-corrected chi connectivity index (χ4v) is 2.46. The van der Waals surface area contributed by atoms with Crippen molar-refractivity contribution in [3.8, 4) is 11.8 Å². The zero-order chi connectivity index (χ0) is 14.4. The lowest BCUT2D eigenvalue weighted by molar-refractivity contribution is 0.0406. The molecule has 0 aliphatic carbocycles. The van der Waals surface area contributed by atoms with Crippen molar-refractivity contribution < 1.29 is 14.2 Å². The van der Waals surface area contributed by atoms with Crippen LogP contribution in [0, 0.1) is 17.7 Å². The van der Waals surface area contributed by atoms with Crippen LogP contribution >= 0.6 is 0 Å². The zero-order valence-corrected chi connectivity index (χ0v) is 11.7. The van der Waals surface area contributed by atoms with Crippen LogP contribution in [0.5, 0.6) is 0 Å². The van der Waals surface area contributed by atoms with E-state index in [-0.39, 0.29) is 12.4 Å². The van der Waals surface area contributed by atoms with E-state index in [9.17, 15) is 4.39 Å². The first kappa shape index (κ1) is 15.0. The van der Waals surface area contributed by atoms with Crippen molar-refractivity contribution in [2.75, 3.05) is 26.9 Å². The Morgan fingerprint density at radius 1 is 1.40 bits per heavy atom. The van der Waals surface area contributed by atoms with E-state index in [2.05, 4.69) is 23.8 Å². The van der Waals surface area contributed by atoms with Crippen molar-refractivity contribution in [2.45, 2.75) is 25.4 Å². The van der Waals surface area contributed by atoms with E-state index in [1.165, 1.54) is 12.1 Å². The Kier molecular flexibility index (Phi) is 5.54. The molecule has 1 aromatic rings. The van der Waals surface area contributed by atoms with Gasteiger partial charge in [-0.25, -0.2) is 4.39 Å². The molecule has 20 heavy (non-hydrogen) atoms. The van der Waals surface area contributed by atoms with Crippen molar-refractivity contribution in [1.29, 1.82) is 0 Å². The van der Waals surface area contributed by atoms with Crippen LogP contribution in [0.15, 0.2) is 18.2 Å². The highest BCUT2D eigenvalue weighted by atomic mass is 19.1. The molecule has 0 atom stereocenters. The Bertz CT molecular complexity index is 501. The molecule has 108 valence electrons. The SMILES string of the molecule is CN(Cc1ccc(F)cc1C#CCO)C1CCOCC1. The third-order valence-corrected chi connectivity index (χ3v) is 3.61. The van der Waals surface area contributed by atoms with Crippen LogP contribution < -0.4 is 0 Å². The highest BCUT2D eigenvalue weighted by molar-refractivity contribution is 5.41. The van der Waals surface area contributed by atoms with Crippen molar-refractivity contribution in [1.82, 2.24) is 4.90 Å². The summed E-state index contributed by atoms with van der Waals surface area (Å²) in [5.74, 6) is 5.10. The van der Waals surface area contributed by atoms with Gasteiger partial charge in [-0.2, -0.15) is 0 Å². The molecule has 1 heterocycles. The molecule has 0 bridgehead atoms. The maximum atomic E-state index is 13.3. The Morgan fingerprint density at radius 2 is 2.15 bits per heavy atom. The van der Waals surface area contributed by atoms with E-state index in [0.717, 1.165) is 38.2 Å². The molecule has 1 aliphatic rings. The maximum absolute atomic E-state index is 13.3. The van der Waals surface area contributed by atoms with Gasteiger partial charge in [-0.15, -0.1) is 0 Å². The first-order chi connectivity index (χ1) is 9.70. The van der Waals surface area contributed by atoms with Gasteiger partial charge in [-0.05, 0) is 37.6 Å². The number of benzene rings is 1. The number of nitrogens with zero attached hydrogens (tertiary/aromatic N) is 1. The summed E-state index contributed by atoms with van der Waals surface area (Å²) in [5, 5.41) is 8.78. The molecule has 3 nitrogen and oxygen atoms in total. The summed E-state index contributed by atoms with van der Waals surface area (Å²) in [7, 11) is 2.07. The Labute approximate surface area is 119 Å². The number of ether oxygens (including phenoxy) is 1. The monoisotopic (exact) mass is 277 g/mol. The highest BCUT2D eigenvalue weighted by Crippen LogP contribution is 2.18. The van der Waals surface area contributed by atoms with Crippen LogP contribution in [0.4, 0.5) is 4.39 Å². The van der Waals surface area contributed by atoms with E-state index >= 15 is 0 Å². The predicted octanol–water partition coefficient (Wildman–Crippen LogP) is 1.78. The molecule has 0 spiro atoms. The molecule has 1 aromatic carbocycles. The van der Waals surface area contributed by atoms with Crippen molar-refractivity contribution in [2.24, 2.45) is 0 Å². The van der Waals surface area contributed by atoms with Crippen LogP contribution in [-0.2, 0) is 11.3 Å². The van der Waals surface area contributed by atoms with Gasteiger partial charge in [0.15, 0.2) is 0 Å². The lowest BCUT2D eigenvalue weighted by Crippen LogP contribution is -2.36. The first-order valence-corrected chi connectivity index (χ1v) is 6.87. The van der Waals surface area contributed by atoms with Crippen LogP contribution in [0.25, 0.3) is 0 Å². The minimum absolute atomic E-state index is 0.217. The minimum Gasteiger partial charge on any atom is -0.384 e. The molecule has 1 aliphatic heterocycles. The average molecular weight is 277 g/mol. The molecule has 1 fully saturated rings. The summed E-state index contributed by atoms with van der Waals surface area (Å²) in [6, 6.07) is 5.15. The van der Waals surface area contributed by atoms with Crippen molar-refractivity contribution in [3.63, 3.8) is 0 Å². The molecule has 0 unspecified atom stereocenters. The molecule has 0 saturated carbocycles. The number of halogens is 1. The van der Waals surface area contributed by atoms with Gasteiger partial charge in [-0.1, -0.05) is 17.9 Å². The number of hydrogen-bond donors (Lipinski definition) is 1. The number of hydrogen-bond acceptors (Lipinski definition) is 3. The van der Waals surface area contributed by atoms with E-state index in [0.29, 0.717) is 11.6 Å². The molecule has 1 saturated heterocycles. The second-order valence-corrected chi connectivity index (χ2v) is 5.02. The van der Waals surface area contributed by atoms with Gasteiger partial charge < -0.3 is 9.84 Å². The van der Waals surface area contributed by atoms with Gasteiger partial charge >= 0.3 is 0 Å². The Balaban J connectivity index is 2.11. The maximum Gasteiger partial charge on any atom is 0.124 e. The number of rotatable bonds is 3. The van der Waals surface area contributed by atoms with Crippen molar-refractivity contribution >= 4 is 0 Å². The first-order valence-electron chi connectivity index (χ1n) is 6.87. The molecule has 1 N–H and O–H groups in total. The van der Waals surface area contributed by atoms with E-state index < -0.39 is 0 Å². The summed E-state index contributed by atoms with van der Waals surface area (Å²) in [4.78, 5) is 2.26. The summed E-state index contributed by atoms with van der Waals surface area (Å²) in [6.07, 6.45) is 2.05. The largest absolute Gasteiger partial charge is 0.384 e. The summed E-state index contributed by atoms with van der Waals surface area (Å²) in [5.41, 5.74) is 1.64. The van der Waals surface area contributed by atoms with Gasteiger partial charge in [0.05, 0.1) is 0 Å². The molecule has 0 aromatic heterocycles. The van der Waals surface area contributed by atoms with Crippen LogP contribution in [-0.4, -0.2) is 42.9 Å². The smallest absolute Gasteiger partial charge is 0.124 e. The van der Waals surface area contributed by atoms with Crippen molar-refractivity contribution in [3.05, 3.63) is 35.1 Å². The molecule has 0 radical (unpaired) electrons. The lowest BCUT2D eigenvalue weighted by atomic mass is 10.0. The average Bonchev–Trinajstić information content (AvgIpc) is 2.48. The fourth-order valence-electron chi connectivity index (χ4n) is 2.46. The second-order valence-electron chi connectivity index (χ2n) is 5.02. The Morgan fingerprint density at radius 3 is 2.85 bits per heavy atom. The van der Waals surface area contributed by atoms with Crippen LogP contribution in [0.1, 0.15) is 24.0 Å². The van der Waals surface area contributed by atoms with Gasteiger partial charge in [-0.3, -0.25) is 4.90 Å². The number of aliphatic hydroxyl groups excluding tert-OH is 1. The fraction of sp³-hybridized carbons (Fsp3) is 0.500. The Hall–Kier alpha value is -1.41. The molecule has 0 amide bonds. The summed E-state index contributed by atoms with van der Waals surface area (Å²) < 4.78 is 18.7. The van der Waals surface area contributed by atoms with Crippen LogP contribution in [0.3, 0.4) is 0 Å². The molecular weight excluding hydrogens is 257 g/mol. The van der Waals surface area contributed by atoms with E-state index in [1.54, 1.807) is 6.07 Å². The topological polar surface area (TPSA) is 32.7 Å². The molecule has 4 heteroatoms. The lowest BCUT2D eigenvalue weighted by Gasteiger charge is -2.31. The summed E-state index contributed by atoms with van der Waals surface area (Å²) in [6.45, 7) is 2.11. The normalized spacial score (nSPS) is 16.0. The van der Waals surface area contributed by atoms with E-state index in [1.807, 2.05) is 0 Å². The standard InChI is InChI=1S/C16H20FNO2/c1-18(16-6-9-20-10-7-16)12-14-4-5-15(17)11-13(14)3-2-8-19/h4-5,11,16,19H,6-10,12H2,1H3. The van der Waals surface area contributed by atoms with Gasteiger partial charge in [0, 0.05) is 31.4 Å². The molecule has 2 rings (SSSR count). The quantitative estimate of drug-likeness (QED) is 0.855.